The summed E-state index contributed by atoms with van der Waals surface area (Å²) in [5.41, 5.74) is -6.03. The van der Waals surface area contributed by atoms with Gasteiger partial charge in [0.25, 0.3) is 0 Å². The second-order valence-electron chi connectivity index (χ2n) is 7.78. The predicted molar refractivity (Wildman–Crippen MR) is 109 cm³/mol. The fourth-order valence-electron chi connectivity index (χ4n) is 2.27. The van der Waals surface area contributed by atoms with Crippen molar-refractivity contribution in [2.24, 2.45) is 0 Å². The number of ether oxygens (including phenoxy) is 2. The van der Waals surface area contributed by atoms with Gasteiger partial charge in [-0.3, -0.25) is 4.79 Å². The van der Waals surface area contributed by atoms with Crippen molar-refractivity contribution in [2.45, 2.75) is 57.3 Å². The quantitative estimate of drug-likeness (QED) is 0.316. The summed E-state index contributed by atoms with van der Waals surface area (Å²) in [5.74, 6) is -2.15. The first-order valence-corrected chi connectivity index (χ1v) is 10.8. The highest BCUT2D eigenvalue weighted by Gasteiger charge is 2.48. The third-order valence-corrected chi connectivity index (χ3v) is 4.76. The van der Waals surface area contributed by atoms with Gasteiger partial charge >= 0.3 is 27.7 Å². The highest BCUT2D eigenvalue weighted by atomic mass is 32.2. The SMILES string of the molecule is COC(=O)[C@@H](Cc1ccc(OS(=O)(=O)C(F)(F)F)cc1)NC(=O)[C@H](C)NC(=O)OC(C)(C)C. The van der Waals surface area contributed by atoms with Crippen LogP contribution in [0.15, 0.2) is 24.3 Å². The van der Waals surface area contributed by atoms with Crippen molar-refractivity contribution in [2.75, 3.05) is 7.11 Å². The average molecular weight is 498 g/mol. The Morgan fingerprint density at radius 3 is 2.03 bits per heavy atom. The topological polar surface area (TPSA) is 137 Å². The first-order chi connectivity index (χ1) is 14.9. The molecule has 1 rings (SSSR count). The lowest BCUT2D eigenvalue weighted by Crippen LogP contribution is -2.51. The Bertz CT molecular complexity index is 957. The lowest BCUT2D eigenvalue weighted by Gasteiger charge is -2.23. The molecule has 0 fully saturated rings. The molecule has 0 aromatic heterocycles. The van der Waals surface area contributed by atoms with Gasteiger partial charge in [0, 0.05) is 6.42 Å². The maximum absolute atomic E-state index is 12.4. The first-order valence-electron chi connectivity index (χ1n) is 9.42. The van der Waals surface area contributed by atoms with Crippen LogP contribution in [-0.4, -0.2) is 56.7 Å². The predicted octanol–water partition coefficient (Wildman–Crippen LogP) is 2.03. The van der Waals surface area contributed by atoms with Crippen LogP contribution in [0.1, 0.15) is 33.3 Å². The van der Waals surface area contributed by atoms with E-state index in [4.69, 9.17) is 4.74 Å². The number of carbonyl (C=O) groups is 3. The minimum absolute atomic E-state index is 0.149. The molecule has 2 atom stereocenters. The number of hydrogen-bond donors (Lipinski definition) is 2. The number of methoxy groups -OCH3 is 1. The number of rotatable bonds is 8. The van der Waals surface area contributed by atoms with Gasteiger partial charge in [0.1, 0.15) is 23.4 Å². The maximum Gasteiger partial charge on any atom is 0.534 e. The van der Waals surface area contributed by atoms with E-state index >= 15 is 0 Å². The molecule has 0 unspecified atom stereocenters. The number of carbonyl (C=O) groups excluding carboxylic acids is 3. The van der Waals surface area contributed by atoms with E-state index in [1.165, 1.54) is 19.1 Å². The Labute approximate surface area is 188 Å². The third kappa shape index (κ3) is 9.16. The molecule has 0 aliphatic carbocycles. The Balaban J connectivity index is 2.85. The lowest BCUT2D eigenvalue weighted by atomic mass is 10.1. The van der Waals surface area contributed by atoms with Gasteiger partial charge in [-0.1, -0.05) is 12.1 Å². The Morgan fingerprint density at radius 1 is 1.03 bits per heavy atom. The van der Waals surface area contributed by atoms with Crippen molar-refractivity contribution >= 4 is 28.1 Å². The van der Waals surface area contributed by atoms with Crippen LogP contribution < -0.4 is 14.8 Å². The van der Waals surface area contributed by atoms with Crippen molar-refractivity contribution in [3.8, 4) is 5.75 Å². The molecule has 0 aliphatic rings. The molecule has 0 saturated carbocycles. The molecule has 2 amide bonds. The number of hydrogen-bond acceptors (Lipinski definition) is 8. The van der Waals surface area contributed by atoms with Gasteiger partial charge in [0.15, 0.2) is 0 Å². The van der Waals surface area contributed by atoms with Crippen LogP contribution in [-0.2, 0) is 35.6 Å². The third-order valence-electron chi connectivity index (χ3n) is 3.78. The molecule has 1 aromatic rings. The highest BCUT2D eigenvalue weighted by molar-refractivity contribution is 7.88. The number of alkyl halides is 3. The monoisotopic (exact) mass is 498 g/mol. The molecule has 1 aromatic carbocycles. The zero-order valence-corrected chi connectivity index (χ0v) is 19.3. The molecular weight excluding hydrogens is 473 g/mol. The van der Waals surface area contributed by atoms with Crippen molar-refractivity contribution in [1.82, 2.24) is 10.6 Å². The summed E-state index contributed by atoms with van der Waals surface area (Å²) in [6, 6.07) is 2.06. The normalized spacial score (nSPS) is 13.9. The van der Waals surface area contributed by atoms with E-state index in [0.717, 1.165) is 19.2 Å². The Morgan fingerprint density at radius 2 is 1.58 bits per heavy atom. The smallest absolute Gasteiger partial charge is 0.467 e. The van der Waals surface area contributed by atoms with E-state index in [2.05, 4.69) is 19.6 Å². The number of alkyl carbamates (subject to hydrolysis) is 1. The lowest BCUT2D eigenvalue weighted by molar-refractivity contribution is -0.145. The van der Waals surface area contributed by atoms with Gasteiger partial charge in [0.2, 0.25) is 5.91 Å². The molecule has 0 radical (unpaired) electrons. The molecule has 0 spiro atoms. The van der Waals surface area contributed by atoms with Gasteiger partial charge in [-0.15, -0.1) is 0 Å². The average Bonchev–Trinajstić information content (AvgIpc) is 2.65. The molecular formula is C19H25F3N2O8S. The van der Waals surface area contributed by atoms with E-state index < -0.39 is 57.0 Å². The minimum atomic E-state index is -5.83. The largest absolute Gasteiger partial charge is 0.534 e. The fraction of sp³-hybridized carbons (Fsp3) is 0.526. The molecule has 186 valence electrons. The second-order valence-corrected chi connectivity index (χ2v) is 9.32. The van der Waals surface area contributed by atoms with Crippen LogP contribution in [0.3, 0.4) is 0 Å². The zero-order chi connectivity index (χ0) is 25.6. The van der Waals surface area contributed by atoms with E-state index in [9.17, 15) is 36.0 Å². The second kappa shape index (κ2) is 10.7. The van der Waals surface area contributed by atoms with Gasteiger partial charge in [-0.05, 0) is 45.4 Å². The number of esters is 1. The first kappa shape index (κ1) is 28.0. The number of amides is 2. The standard InChI is InChI=1S/C19H25F3N2O8S/c1-11(23-17(27)31-18(2,3)4)15(25)24-14(16(26)30-5)10-12-6-8-13(9-7-12)32-33(28,29)19(20,21)22/h6-9,11,14H,10H2,1-5H3,(H,23,27)(H,24,25)/t11-,14+/m0/s1. The highest BCUT2D eigenvalue weighted by Crippen LogP contribution is 2.27. The molecule has 0 aliphatic heterocycles. The van der Waals surface area contributed by atoms with Crippen LogP contribution in [0.25, 0.3) is 0 Å². The van der Waals surface area contributed by atoms with Crippen molar-refractivity contribution < 1.29 is 49.6 Å². The molecule has 0 saturated heterocycles. The fourth-order valence-corrected chi connectivity index (χ4v) is 2.73. The minimum Gasteiger partial charge on any atom is -0.467 e. The van der Waals surface area contributed by atoms with Crippen molar-refractivity contribution in [3.05, 3.63) is 29.8 Å². The van der Waals surface area contributed by atoms with Crippen LogP contribution in [0, 0.1) is 0 Å². The van der Waals surface area contributed by atoms with E-state index in [1.807, 2.05) is 0 Å². The summed E-state index contributed by atoms with van der Waals surface area (Å²) in [5, 5.41) is 4.71. The van der Waals surface area contributed by atoms with Crippen molar-refractivity contribution in [3.63, 3.8) is 0 Å². The number of benzene rings is 1. The molecule has 0 bridgehead atoms. The van der Waals surface area contributed by atoms with Crippen LogP contribution in [0.5, 0.6) is 5.75 Å². The summed E-state index contributed by atoms with van der Waals surface area (Å²) < 4.78 is 73.0. The van der Waals surface area contributed by atoms with Gasteiger partial charge in [0.05, 0.1) is 7.11 Å². The summed E-state index contributed by atoms with van der Waals surface area (Å²) in [6.07, 6.45) is -0.992. The molecule has 14 heteroatoms. The maximum atomic E-state index is 12.4. The molecule has 33 heavy (non-hydrogen) atoms. The van der Waals surface area contributed by atoms with Crippen LogP contribution >= 0.6 is 0 Å². The Kier molecular flexibility index (Phi) is 9.10. The number of nitrogens with one attached hydrogen (secondary N) is 2. The van der Waals surface area contributed by atoms with E-state index in [1.54, 1.807) is 20.8 Å². The molecule has 2 N–H and O–H groups in total. The van der Waals surface area contributed by atoms with Crippen molar-refractivity contribution in [1.29, 1.82) is 0 Å². The molecule has 10 nitrogen and oxygen atoms in total. The van der Waals surface area contributed by atoms with Gasteiger partial charge in [-0.2, -0.15) is 21.6 Å². The zero-order valence-electron chi connectivity index (χ0n) is 18.5. The van der Waals surface area contributed by atoms with E-state index in [-0.39, 0.29) is 6.42 Å². The van der Waals surface area contributed by atoms with Crippen LogP contribution in [0.4, 0.5) is 18.0 Å². The summed E-state index contributed by atoms with van der Waals surface area (Å²) >= 11 is 0. The van der Waals surface area contributed by atoms with Crippen LogP contribution in [0.2, 0.25) is 0 Å². The van der Waals surface area contributed by atoms with Gasteiger partial charge < -0.3 is 24.3 Å². The summed E-state index contributed by atoms with van der Waals surface area (Å²) in [7, 11) is -4.74. The Hall–Kier alpha value is -3.03. The van der Waals surface area contributed by atoms with Gasteiger partial charge in [-0.25, -0.2) is 9.59 Å². The summed E-state index contributed by atoms with van der Waals surface area (Å²) in [4.78, 5) is 36.3. The van der Waals surface area contributed by atoms with E-state index in [0.29, 0.717) is 5.56 Å². The summed E-state index contributed by atoms with van der Waals surface area (Å²) in [6.45, 7) is 6.28. The number of halogens is 3. The molecule has 0 heterocycles.